The average Bonchev–Trinajstić information content (AvgIpc) is 2.93. The summed E-state index contributed by atoms with van der Waals surface area (Å²) in [6, 6.07) is 4.25. The summed E-state index contributed by atoms with van der Waals surface area (Å²) >= 11 is 0. The molecular weight excluding hydrogens is 550 g/mol. The first kappa shape index (κ1) is 31.2. The fourth-order valence-electron chi connectivity index (χ4n) is 4.60. The van der Waals surface area contributed by atoms with E-state index >= 15 is 0 Å². The summed E-state index contributed by atoms with van der Waals surface area (Å²) < 4.78 is 78.8. The topological polar surface area (TPSA) is 104 Å². The van der Waals surface area contributed by atoms with E-state index in [1.165, 1.54) is 46.2 Å². The molecule has 41 heavy (non-hydrogen) atoms. The lowest BCUT2D eigenvalue weighted by Crippen LogP contribution is -2.29. The number of carbonyl (C=O) groups excluding carboxylic acids is 2. The molecule has 0 aliphatic rings. The summed E-state index contributed by atoms with van der Waals surface area (Å²) in [5.41, 5.74) is -0.162. The quantitative estimate of drug-likeness (QED) is 0.177. The van der Waals surface area contributed by atoms with Gasteiger partial charge >= 0.3 is 5.97 Å². The Morgan fingerprint density at radius 2 is 1.56 bits per heavy atom. The average molecular weight is 580 g/mol. The Morgan fingerprint density at radius 3 is 2.17 bits per heavy atom. The number of Topliss-reactive ketones (excluding diaryl/α,β-unsaturated/α-hetero) is 1. The van der Waals surface area contributed by atoms with Gasteiger partial charge in [0.15, 0.2) is 46.1 Å². The lowest BCUT2D eigenvalue weighted by Gasteiger charge is -2.30. The normalized spacial score (nSPS) is 13.2. The number of ether oxygens (including phenoxy) is 4. The van der Waals surface area contributed by atoms with Crippen LogP contribution >= 0.6 is 0 Å². The third kappa shape index (κ3) is 6.21. The smallest absolute Gasteiger partial charge is 0.309 e. The molecule has 0 aliphatic carbocycles. The van der Waals surface area contributed by atoms with Crippen molar-refractivity contribution in [1.29, 1.82) is 0 Å². The van der Waals surface area contributed by atoms with Gasteiger partial charge in [-0.3, -0.25) is 9.59 Å². The highest BCUT2D eigenvalue weighted by Gasteiger charge is 2.36. The zero-order valence-corrected chi connectivity index (χ0v) is 23.2. The molecule has 220 valence electrons. The minimum atomic E-state index is -1.34. The third-order valence-electron chi connectivity index (χ3n) is 6.59. The number of pyridine rings is 1. The summed E-state index contributed by atoms with van der Waals surface area (Å²) in [6.07, 6.45) is -0.375. The molecule has 8 nitrogen and oxygen atoms in total. The first-order chi connectivity index (χ1) is 19.4. The van der Waals surface area contributed by atoms with Crippen LogP contribution in [0, 0.1) is 36.1 Å². The van der Waals surface area contributed by atoms with Crippen molar-refractivity contribution in [2.24, 2.45) is 5.92 Å². The van der Waals surface area contributed by atoms with Gasteiger partial charge in [0.2, 0.25) is 11.6 Å². The molecule has 0 aliphatic heterocycles. The van der Waals surface area contributed by atoms with Crippen LogP contribution < -0.4 is 14.2 Å². The monoisotopic (exact) mass is 579 g/mol. The second-order valence-corrected chi connectivity index (χ2v) is 9.28. The summed E-state index contributed by atoms with van der Waals surface area (Å²) in [6.45, 7) is 4.26. The van der Waals surface area contributed by atoms with Gasteiger partial charge in [0.1, 0.15) is 6.10 Å². The Kier molecular flexibility index (Phi) is 9.79. The molecule has 1 unspecified atom stereocenters. The number of aromatic hydroxyl groups is 1. The van der Waals surface area contributed by atoms with E-state index in [1.54, 1.807) is 0 Å². The Balaban J connectivity index is 2.02. The largest absolute Gasteiger partial charge is 0.503 e. The molecule has 1 heterocycles. The molecule has 0 radical (unpaired) electrons. The molecule has 3 atom stereocenters. The van der Waals surface area contributed by atoms with Gasteiger partial charge in [0, 0.05) is 29.8 Å². The number of rotatable bonds is 11. The van der Waals surface area contributed by atoms with E-state index in [0.29, 0.717) is 0 Å². The summed E-state index contributed by atoms with van der Waals surface area (Å²) in [5, 5.41) is 10.2. The Hall–Kier alpha value is -4.35. The molecule has 12 heteroatoms. The first-order valence-corrected chi connectivity index (χ1v) is 12.4. The molecule has 0 spiro atoms. The molecule has 0 amide bonds. The van der Waals surface area contributed by atoms with Crippen LogP contribution in [0.2, 0.25) is 0 Å². The van der Waals surface area contributed by atoms with Crippen molar-refractivity contribution in [3.63, 3.8) is 0 Å². The van der Waals surface area contributed by atoms with Crippen LogP contribution in [0.1, 0.15) is 53.4 Å². The number of aromatic nitrogens is 1. The van der Waals surface area contributed by atoms with Gasteiger partial charge in [-0.25, -0.2) is 13.8 Å². The number of methoxy groups -OCH3 is 3. The van der Waals surface area contributed by atoms with Crippen LogP contribution in [-0.2, 0) is 9.53 Å². The van der Waals surface area contributed by atoms with Gasteiger partial charge in [0.05, 0.1) is 33.2 Å². The van der Waals surface area contributed by atoms with E-state index in [-0.39, 0.29) is 28.1 Å². The van der Waals surface area contributed by atoms with Crippen molar-refractivity contribution in [2.75, 3.05) is 21.3 Å². The van der Waals surface area contributed by atoms with Crippen LogP contribution in [0.4, 0.5) is 17.6 Å². The van der Waals surface area contributed by atoms with Gasteiger partial charge in [0.25, 0.3) is 0 Å². The van der Waals surface area contributed by atoms with E-state index < -0.39 is 76.6 Å². The zero-order chi connectivity index (χ0) is 30.6. The van der Waals surface area contributed by atoms with Crippen molar-refractivity contribution in [3.05, 3.63) is 76.1 Å². The number of nitrogens with zero attached hydrogens (tertiary/aromatic N) is 1. The zero-order valence-electron chi connectivity index (χ0n) is 23.2. The maximum Gasteiger partial charge on any atom is 0.309 e. The summed E-state index contributed by atoms with van der Waals surface area (Å²) in [4.78, 5) is 29.8. The van der Waals surface area contributed by atoms with Crippen molar-refractivity contribution >= 4 is 11.8 Å². The minimum absolute atomic E-state index is 0.00485. The Morgan fingerprint density at radius 1 is 0.927 bits per heavy atom. The van der Waals surface area contributed by atoms with Crippen molar-refractivity contribution in [2.45, 2.75) is 39.2 Å². The number of hydrogen-bond acceptors (Lipinski definition) is 8. The molecule has 0 bridgehead atoms. The molecule has 1 N–H and O–H groups in total. The number of ketones is 1. The molecule has 0 saturated heterocycles. The van der Waals surface area contributed by atoms with Crippen molar-refractivity contribution < 1.29 is 51.2 Å². The highest BCUT2D eigenvalue weighted by atomic mass is 19.2. The highest BCUT2D eigenvalue weighted by Crippen LogP contribution is 2.44. The highest BCUT2D eigenvalue weighted by molar-refractivity contribution is 5.99. The molecule has 3 rings (SSSR count). The van der Waals surface area contributed by atoms with Gasteiger partial charge in [-0.15, -0.1) is 0 Å². The van der Waals surface area contributed by atoms with Crippen molar-refractivity contribution in [3.8, 4) is 23.0 Å². The molecular formula is C29H29F4NO7. The molecule has 0 fully saturated rings. The standard InChI is InChI=1S/C29H29F4NO7/c1-13-11-18(31)24(33)28(40-6)21(13)22(16-7-8-17(30)23(32)27(16)39-5)15(3)41-29(37)14(2)12-19(35)25-26(36)20(38-4)9-10-34-25/h7-11,14-15,22,36H,12H2,1-6H3/t14-,15+,22?/m1/s1. The van der Waals surface area contributed by atoms with Crippen LogP contribution in [-0.4, -0.2) is 49.3 Å². The van der Waals surface area contributed by atoms with Crippen molar-refractivity contribution in [1.82, 2.24) is 4.98 Å². The number of aryl methyl sites for hydroxylation is 1. The molecule has 3 aromatic rings. The lowest BCUT2D eigenvalue weighted by molar-refractivity contribution is -0.153. The summed E-state index contributed by atoms with van der Waals surface area (Å²) in [5.74, 6) is -10.5. The van der Waals surface area contributed by atoms with Crippen LogP contribution in [0.15, 0.2) is 30.5 Å². The lowest BCUT2D eigenvalue weighted by atomic mass is 9.83. The SMILES string of the molecule is COc1ccnc(C(=O)C[C@@H](C)C(=O)O[C@@H](C)C(c2ccc(F)c(F)c2OC)c2c(C)cc(F)c(F)c2OC)c1O. The maximum atomic E-state index is 14.8. The predicted octanol–water partition coefficient (Wildman–Crippen LogP) is 5.65. The van der Waals surface area contributed by atoms with Crippen LogP contribution in [0.5, 0.6) is 23.0 Å². The van der Waals surface area contributed by atoms with E-state index in [9.17, 15) is 32.3 Å². The Bertz CT molecular complexity index is 1460. The van der Waals surface area contributed by atoms with Crippen LogP contribution in [0.25, 0.3) is 0 Å². The predicted molar refractivity (Wildman–Crippen MR) is 139 cm³/mol. The second-order valence-electron chi connectivity index (χ2n) is 9.28. The Labute approximate surface area is 233 Å². The number of hydrogen-bond donors (Lipinski definition) is 1. The third-order valence-corrected chi connectivity index (χ3v) is 6.59. The fourth-order valence-corrected chi connectivity index (χ4v) is 4.60. The number of esters is 1. The second kappa shape index (κ2) is 12.9. The molecule has 0 saturated carbocycles. The van der Waals surface area contributed by atoms with E-state index in [0.717, 1.165) is 26.4 Å². The van der Waals surface area contributed by atoms with Gasteiger partial charge < -0.3 is 24.1 Å². The van der Waals surface area contributed by atoms with Crippen LogP contribution in [0.3, 0.4) is 0 Å². The molecule has 2 aromatic carbocycles. The maximum absolute atomic E-state index is 14.8. The van der Waals surface area contributed by atoms with Gasteiger partial charge in [-0.05, 0) is 31.5 Å². The molecule has 1 aromatic heterocycles. The van der Waals surface area contributed by atoms with E-state index in [2.05, 4.69) is 4.98 Å². The number of halogens is 4. The van der Waals surface area contributed by atoms with E-state index in [4.69, 9.17) is 18.9 Å². The van der Waals surface area contributed by atoms with Gasteiger partial charge in [-0.1, -0.05) is 13.0 Å². The fraction of sp³-hybridized carbons (Fsp3) is 0.345. The first-order valence-electron chi connectivity index (χ1n) is 12.4. The summed E-state index contributed by atoms with van der Waals surface area (Å²) in [7, 11) is 3.50. The minimum Gasteiger partial charge on any atom is -0.503 e. The van der Waals surface area contributed by atoms with Gasteiger partial charge in [-0.2, -0.15) is 8.78 Å². The van der Waals surface area contributed by atoms with E-state index in [1.807, 2.05) is 0 Å². The number of benzene rings is 2. The number of carbonyl (C=O) groups is 2.